The van der Waals surface area contributed by atoms with Crippen LogP contribution in [0.4, 0.5) is 11.4 Å². The molecule has 35 heavy (non-hydrogen) atoms. The number of hydrogen-bond acceptors (Lipinski definition) is 6. The van der Waals surface area contributed by atoms with E-state index in [-0.39, 0.29) is 4.90 Å². The molecular formula is C26H28N2O6S. The first-order valence-corrected chi connectivity index (χ1v) is 12.4. The predicted octanol–water partition coefficient (Wildman–Crippen LogP) is 4.32. The van der Waals surface area contributed by atoms with E-state index in [2.05, 4.69) is 5.32 Å². The van der Waals surface area contributed by atoms with Gasteiger partial charge in [-0.25, -0.2) is 13.2 Å². The van der Waals surface area contributed by atoms with E-state index in [1.54, 1.807) is 61.5 Å². The van der Waals surface area contributed by atoms with Gasteiger partial charge in [0.1, 0.15) is 12.3 Å². The zero-order valence-electron chi connectivity index (χ0n) is 20.1. The van der Waals surface area contributed by atoms with Gasteiger partial charge in [-0.05, 0) is 74.9 Å². The van der Waals surface area contributed by atoms with Crippen LogP contribution in [0.1, 0.15) is 28.4 Å². The van der Waals surface area contributed by atoms with Crippen LogP contribution in [0.15, 0.2) is 71.6 Å². The zero-order valence-corrected chi connectivity index (χ0v) is 20.9. The van der Waals surface area contributed by atoms with Crippen LogP contribution < -0.4 is 14.4 Å². The number of carbonyl (C=O) groups is 2. The summed E-state index contributed by atoms with van der Waals surface area (Å²) in [6.07, 6.45) is 0. The molecule has 0 radical (unpaired) electrons. The van der Waals surface area contributed by atoms with E-state index in [1.165, 1.54) is 19.2 Å². The highest BCUT2D eigenvalue weighted by atomic mass is 32.2. The summed E-state index contributed by atoms with van der Waals surface area (Å²) in [5.41, 5.74) is 2.51. The molecule has 8 nitrogen and oxygen atoms in total. The Bertz CT molecular complexity index is 1300. The van der Waals surface area contributed by atoms with Crippen molar-refractivity contribution in [2.24, 2.45) is 0 Å². The van der Waals surface area contributed by atoms with E-state index in [9.17, 15) is 18.0 Å². The van der Waals surface area contributed by atoms with Gasteiger partial charge in [0.25, 0.3) is 10.0 Å². The van der Waals surface area contributed by atoms with Gasteiger partial charge in [0.05, 0.1) is 29.9 Å². The molecule has 3 rings (SSSR count). The molecule has 1 N–H and O–H groups in total. The van der Waals surface area contributed by atoms with Gasteiger partial charge in [0, 0.05) is 5.69 Å². The molecular weight excluding hydrogens is 468 g/mol. The number of methoxy groups -OCH3 is 1. The Balaban J connectivity index is 1.93. The van der Waals surface area contributed by atoms with Gasteiger partial charge in [0.2, 0.25) is 5.91 Å². The van der Waals surface area contributed by atoms with Crippen molar-refractivity contribution in [1.82, 2.24) is 0 Å². The second-order valence-corrected chi connectivity index (χ2v) is 9.63. The summed E-state index contributed by atoms with van der Waals surface area (Å²) in [5, 5.41) is 2.72. The maximum Gasteiger partial charge on any atom is 0.338 e. The number of sulfonamides is 1. The quantitative estimate of drug-likeness (QED) is 0.443. The molecule has 3 aromatic carbocycles. The van der Waals surface area contributed by atoms with Crippen LogP contribution in [-0.2, 0) is 19.6 Å². The molecule has 0 spiro atoms. The number of hydrogen-bond donors (Lipinski definition) is 1. The van der Waals surface area contributed by atoms with Gasteiger partial charge in [-0.1, -0.05) is 23.8 Å². The second kappa shape index (κ2) is 11.1. The van der Waals surface area contributed by atoms with Crippen molar-refractivity contribution in [2.45, 2.75) is 25.7 Å². The van der Waals surface area contributed by atoms with Crippen molar-refractivity contribution < 1.29 is 27.5 Å². The highest BCUT2D eigenvalue weighted by Gasteiger charge is 2.27. The monoisotopic (exact) mass is 496 g/mol. The summed E-state index contributed by atoms with van der Waals surface area (Å²) >= 11 is 0. The van der Waals surface area contributed by atoms with E-state index < -0.39 is 28.4 Å². The number of benzene rings is 3. The molecule has 0 unspecified atom stereocenters. The Labute approximate surface area is 205 Å². The molecule has 0 atom stereocenters. The zero-order chi connectivity index (χ0) is 25.6. The fraction of sp³-hybridized carbons (Fsp3) is 0.231. The normalized spacial score (nSPS) is 11.0. The first-order chi connectivity index (χ1) is 16.7. The van der Waals surface area contributed by atoms with Gasteiger partial charge < -0.3 is 14.8 Å². The highest BCUT2D eigenvalue weighted by Crippen LogP contribution is 2.26. The highest BCUT2D eigenvalue weighted by molar-refractivity contribution is 7.92. The van der Waals surface area contributed by atoms with Crippen molar-refractivity contribution in [2.75, 3.05) is 29.9 Å². The summed E-state index contributed by atoms with van der Waals surface area (Å²) in [6.45, 7) is 5.39. The smallest absolute Gasteiger partial charge is 0.338 e. The standard InChI is InChI=1S/C26H28N2O6S/c1-5-34-21-13-15-22(16-14-21)35(31,32)28(20-11-9-18(2)10-12-20)17-25(29)27-24-8-6-7-23(19(24)3)26(30)33-4/h6-16H,5,17H2,1-4H3,(H,27,29). The lowest BCUT2D eigenvalue weighted by Gasteiger charge is -2.24. The number of anilines is 2. The fourth-order valence-corrected chi connectivity index (χ4v) is 4.87. The molecule has 0 aliphatic carbocycles. The largest absolute Gasteiger partial charge is 0.494 e. The average Bonchev–Trinajstić information content (AvgIpc) is 2.84. The average molecular weight is 497 g/mol. The molecule has 9 heteroatoms. The molecule has 1 amide bonds. The summed E-state index contributed by atoms with van der Waals surface area (Å²) < 4.78 is 38.4. The Morgan fingerprint density at radius 3 is 2.20 bits per heavy atom. The lowest BCUT2D eigenvalue weighted by molar-refractivity contribution is -0.114. The second-order valence-electron chi connectivity index (χ2n) is 7.77. The third kappa shape index (κ3) is 5.99. The van der Waals surface area contributed by atoms with Crippen LogP contribution in [-0.4, -0.2) is 40.6 Å². The fourth-order valence-electron chi connectivity index (χ4n) is 3.45. The topological polar surface area (TPSA) is 102 Å². The first-order valence-electron chi connectivity index (χ1n) is 11.0. The predicted molar refractivity (Wildman–Crippen MR) is 134 cm³/mol. The maximum absolute atomic E-state index is 13.6. The number of ether oxygens (including phenoxy) is 2. The SMILES string of the molecule is CCOc1ccc(S(=O)(=O)N(CC(=O)Nc2cccc(C(=O)OC)c2C)c2ccc(C)cc2)cc1. The molecule has 0 aliphatic rings. The Hall–Kier alpha value is -3.85. The van der Waals surface area contributed by atoms with Crippen molar-refractivity contribution in [1.29, 1.82) is 0 Å². The van der Waals surface area contributed by atoms with E-state index in [1.807, 2.05) is 13.8 Å². The number of amides is 1. The summed E-state index contributed by atoms with van der Waals surface area (Å²) in [6, 6.07) is 17.7. The van der Waals surface area contributed by atoms with Crippen molar-refractivity contribution in [3.63, 3.8) is 0 Å². The summed E-state index contributed by atoms with van der Waals surface area (Å²) in [5.74, 6) is -0.546. The van der Waals surface area contributed by atoms with Gasteiger partial charge in [-0.2, -0.15) is 0 Å². The van der Waals surface area contributed by atoms with Gasteiger partial charge in [0.15, 0.2) is 0 Å². The third-order valence-electron chi connectivity index (χ3n) is 5.35. The Morgan fingerprint density at radius 1 is 0.943 bits per heavy atom. The van der Waals surface area contributed by atoms with Crippen molar-refractivity contribution >= 4 is 33.3 Å². The van der Waals surface area contributed by atoms with Crippen LogP contribution in [0.25, 0.3) is 0 Å². The van der Waals surface area contributed by atoms with Crippen LogP contribution in [0, 0.1) is 13.8 Å². The van der Waals surface area contributed by atoms with Gasteiger partial charge >= 0.3 is 5.97 Å². The lowest BCUT2D eigenvalue weighted by atomic mass is 10.1. The van der Waals surface area contributed by atoms with E-state index >= 15 is 0 Å². The van der Waals surface area contributed by atoms with Crippen molar-refractivity contribution in [3.8, 4) is 5.75 Å². The van der Waals surface area contributed by atoms with E-state index in [0.717, 1.165) is 9.87 Å². The van der Waals surface area contributed by atoms with Crippen LogP contribution in [0.3, 0.4) is 0 Å². The third-order valence-corrected chi connectivity index (χ3v) is 7.13. The molecule has 0 aromatic heterocycles. The summed E-state index contributed by atoms with van der Waals surface area (Å²) in [4.78, 5) is 25.0. The molecule has 0 fully saturated rings. The number of nitrogens with zero attached hydrogens (tertiary/aromatic N) is 1. The minimum absolute atomic E-state index is 0.0261. The minimum Gasteiger partial charge on any atom is -0.494 e. The molecule has 0 heterocycles. The Kier molecular flexibility index (Phi) is 8.14. The van der Waals surface area contributed by atoms with E-state index in [0.29, 0.717) is 34.9 Å². The number of aryl methyl sites for hydroxylation is 1. The number of nitrogens with one attached hydrogen (secondary N) is 1. The lowest BCUT2D eigenvalue weighted by Crippen LogP contribution is -2.38. The number of esters is 1. The number of carbonyl (C=O) groups excluding carboxylic acids is 2. The molecule has 0 saturated heterocycles. The first kappa shape index (κ1) is 25.8. The molecule has 0 bridgehead atoms. The molecule has 3 aromatic rings. The summed E-state index contributed by atoms with van der Waals surface area (Å²) in [7, 11) is -2.80. The molecule has 0 aliphatic heterocycles. The molecule has 184 valence electrons. The van der Waals surface area contributed by atoms with Crippen LogP contribution >= 0.6 is 0 Å². The Morgan fingerprint density at radius 2 is 1.60 bits per heavy atom. The van der Waals surface area contributed by atoms with Gasteiger partial charge in [-0.15, -0.1) is 0 Å². The molecule has 0 saturated carbocycles. The van der Waals surface area contributed by atoms with Crippen LogP contribution in [0.5, 0.6) is 5.75 Å². The number of rotatable bonds is 9. The van der Waals surface area contributed by atoms with Crippen molar-refractivity contribution in [3.05, 3.63) is 83.4 Å². The maximum atomic E-state index is 13.6. The van der Waals surface area contributed by atoms with Gasteiger partial charge in [-0.3, -0.25) is 9.10 Å². The minimum atomic E-state index is -4.08. The van der Waals surface area contributed by atoms with Crippen LogP contribution in [0.2, 0.25) is 0 Å². The van der Waals surface area contributed by atoms with E-state index in [4.69, 9.17) is 9.47 Å².